The number of thiophene rings is 1. The second-order valence-corrected chi connectivity index (χ2v) is 9.93. The lowest BCUT2D eigenvalue weighted by atomic mass is 10.1. The van der Waals surface area contributed by atoms with E-state index in [9.17, 15) is 14.0 Å². The number of hydrogen-bond acceptors (Lipinski definition) is 7. The van der Waals surface area contributed by atoms with Gasteiger partial charge in [-0.25, -0.2) is 9.18 Å². The Morgan fingerprint density at radius 1 is 1.15 bits per heavy atom. The molecule has 0 aliphatic heterocycles. The van der Waals surface area contributed by atoms with Gasteiger partial charge in [-0.2, -0.15) is 0 Å². The molecule has 2 aromatic heterocycles. The van der Waals surface area contributed by atoms with E-state index in [1.807, 2.05) is 11.5 Å². The zero-order chi connectivity index (χ0) is 24.1. The first kappa shape index (κ1) is 24.4. The lowest BCUT2D eigenvalue weighted by Crippen LogP contribution is -2.17. The Morgan fingerprint density at radius 3 is 2.65 bits per heavy atom. The van der Waals surface area contributed by atoms with E-state index in [0.29, 0.717) is 28.1 Å². The van der Waals surface area contributed by atoms with Crippen molar-refractivity contribution in [2.24, 2.45) is 0 Å². The molecule has 1 aromatic carbocycles. The number of benzene rings is 1. The molecule has 34 heavy (non-hydrogen) atoms. The molecule has 0 atom stereocenters. The summed E-state index contributed by atoms with van der Waals surface area (Å²) in [5.41, 5.74) is 2.29. The van der Waals surface area contributed by atoms with E-state index < -0.39 is 0 Å². The van der Waals surface area contributed by atoms with Crippen LogP contribution in [0, 0.1) is 5.82 Å². The van der Waals surface area contributed by atoms with Crippen molar-refractivity contribution in [3.8, 4) is 11.4 Å². The summed E-state index contributed by atoms with van der Waals surface area (Å²) in [4.78, 5) is 26.7. The van der Waals surface area contributed by atoms with Crippen LogP contribution in [-0.4, -0.2) is 39.0 Å². The predicted molar refractivity (Wildman–Crippen MR) is 132 cm³/mol. The number of thioether (sulfide) groups is 1. The van der Waals surface area contributed by atoms with Crippen LogP contribution in [0.4, 0.5) is 9.39 Å². The van der Waals surface area contributed by atoms with Gasteiger partial charge in [-0.15, -0.1) is 21.5 Å². The minimum absolute atomic E-state index is 0.117. The number of anilines is 1. The van der Waals surface area contributed by atoms with E-state index in [0.717, 1.165) is 48.1 Å². The molecule has 4 rings (SSSR count). The van der Waals surface area contributed by atoms with Crippen molar-refractivity contribution in [2.75, 3.05) is 17.7 Å². The summed E-state index contributed by atoms with van der Waals surface area (Å²) in [6.07, 6.45) is 5.00. The van der Waals surface area contributed by atoms with Gasteiger partial charge in [0.05, 0.1) is 17.9 Å². The maximum Gasteiger partial charge on any atom is 0.341 e. The molecule has 0 unspecified atom stereocenters. The highest BCUT2D eigenvalue weighted by molar-refractivity contribution is 7.99. The lowest BCUT2D eigenvalue weighted by Gasteiger charge is -2.09. The van der Waals surface area contributed by atoms with E-state index in [1.165, 1.54) is 35.2 Å². The number of nitrogens with one attached hydrogen (secondary N) is 1. The number of nitrogens with zero attached hydrogens (tertiary/aromatic N) is 3. The Balaban J connectivity index is 1.49. The van der Waals surface area contributed by atoms with Crippen LogP contribution in [0.1, 0.15) is 53.9 Å². The third-order valence-electron chi connectivity index (χ3n) is 5.62. The van der Waals surface area contributed by atoms with Crippen molar-refractivity contribution in [3.05, 3.63) is 46.1 Å². The van der Waals surface area contributed by atoms with E-state index in [1.54, 1.807) is 19.1 Å². The fourth-order valence-corrected chi connectivity index (χ4v) is 6.13. The highest BCUT2D eigenvalue weighted by Crippen LogP contribution is 2.38. The number of hydrogen-bond donors (Lipinski definition) is 1. The van der Waals surface area contributed by atoms with Gasteiger partial charge in [-0.1, -0.05) is 18.2 Å². The number of rotatable bonds is 8. The first-order chi connectivity index (χ1) is 16.5. The van der Waals surface area contributed by atoms with Crippen molar-refractivity contribution in [3.63, 3.8) is 0 Å². The second-order valence-electron chi connectivity index (χ2n) is 7.88. The molecule has 2 heterocycles. The Bertz CT molecular complexity index is 1170. The molecule has 1 amide bonds. The molecule has 0 fully saturated rings. The first-order valence-corrected chi connectivity index (χ1v) is 13.3. The minimum Gasteiger partial charge on any atom is -0.462 e. The van der Waals surface area contributed by atoms with Crippen LogP contribution >= 0.6 is 23.1 Å². The zero-order valence-corrected chi connectivity index (χ0v) is 20.9. The highest BCUT2D eigenvalue weighted by atomic mass is 32.2. The van der Waals surface area contributed by atoms with Gasteiger partial charge in [0.25, 0.3) is 0 Å². The quantitative estimate of drug-likeness (QED) is 0.254. The number of halogens is 1. The molecule has 0 saturated carbocycles. The van der Waals surface area contributed by atoms with Crippen LogP contribution in [0.15, 0.2) is 29.4 Å². The predicted octanol–water partition coefficient (Wildman–Crippen LogP) is 5.34. The number of fused-ring (bicyclic) bond motifs is 1. The fourth-order valence-electron chi connectivity index (χ4n) is 4.04. The van der Waals surface area contributed by atoms with Gasteiger partial charge in [0, 0.05) is 17.0 Å². The monoisotopic (exact) mass is 502 g/mol. The van der Waals surface area contributed by atoms with Gasteiger partial charge >= 0.3 is 5.97 Å². The van der Waals surface area contributed by atoms with Crippen LogP contribution in [0.5, 0.6) is 0 Å². The summed E-state index contributed by atoms with van der Waals surface area (Å²) in [6.45, 7) is 4.64. The number of ether oxygens (including phenoxy) is 1. The zero-order valence-electron chi connectivity index (χ0n) is 19.2. The molecule has 0 saturated heterocycles. The largest absolute Gasteiger partial charge is 0.462 e. The van der Waals surface area contributed by atoms with Crippen LogP contribution < -0.4 is 5.32 Å². The van der Waals surface area contributed by atoms with Crippen LogP contribution in [-0.2, 0) is 28.9 Å². The molecule has 0 radical (unpaired) electrons. The Kier molecular flexibility index (Phi) is 7.99. The van der Waals surface area contributed by atoms with E-state index in [-0.39, 0.29) is 30.1 Å². The normalized spacial score (nSPS) is 13.3. The summed E-state index contributed by atoms with van der Waals surface area (Å²) in [5, 5.41) is 12.6. The third kappa shape index (κ3) is 5.33. The number of carbonyl (C=O) groups is 2. The van der Waals surface area contributed by atoms with Crippen molar-refractivity contribution in [2.45, 2.75) is 57.7 Å². The number of carbonyl (C=O) groups excluding carboxylic acids is 2. The van der Waals surface area contributed by atoms with Gasteiger partial charge in [0.1, 0.15) is 10.8 Å². The Hall–Kier alpha value is -2.72. The van der Waals surface area contributed by atoms with E-state index in [4.69, 9.17) is 4.74 Å². The molecule has 1 aliphatic carbocycles. The Labute approximate surface area is 206 Å². The van der Waals surface area contributed by atoms with Gasteiger partial charge in [-0.3, -0.25) is 4.79 Å². The molecular formula is C24H27FN4O3S2. The van der Waals surface area contributed by atoms with Crippen molar-refractivity contribution in [1.29, 1.82) is 0 Å². The number of esters is 1. The lowest BCUT2D eigenvalue weighted by molar-refractivity contribution is -0.113. The second kappa shape index (κ2) is 11.1. The van der Waals surface area contributed by atoms with Crippen molar-refractivity contribution in [1.82, 2.24) is 14.8 Å². The molecule has 1 aliphatic rings. The smallest absolute Gasteiger partial charge is 0.341 e. The molecule has 10 heteroatoms. The van der Waals surface area contributed by atoms with E-state index in [2.05, 4.69) is 15.5 Å². The standard InChI is InChI=1S/C24H27FN4O3S2/c1-3-29-21(15-10-12-16(25)13-11-15)27-28-24(29)33-14-19(30)26-22-20(23(31)32-4-2)17-8-6-5-7-9-18(17)34-22/h10-13H,3-9,14H2,1-2H3,(H,26,30). The molecule has 3 aromatic rings. The number of amides is 1. The third-order valence-corrected chi connectivity index (χ3v) is 7.80. The molecular weight excluding hydrogens is 475 g/mol. The molecule has 0 spiro atoms. The van der Waals surface area contributed by atoms with Crippen LogP contribution in [0.3, 0.4) is 0 Å². The summed E-state index contributed by atoms with van der Waals surface area (Å²) in [5.74, 6) is -0.171. The van der Waals surface area contributed by atoms with Gasteiger partial charge in [-0.05, 0) is 69.4 Å². The molecule has 7 nitrogen and oxygen atoms in total. The van der Waals surface area contributed by atoms with Crippen molar-refractivity contribution >= 4 is 40.0 Å². The van der Waals surface area contributed by atoms with Crippen LogP contribution in [0.2, 0.25) is 0 Å². The SMILES string of the molecule is CCOC(=O)c1c(NC(=O)CSc2nnc(-c3ccc(F)cc3)n2CC)sc2c1CCCCC2. The van der Waals surface area contributed by atoms with Crippen LogP contribution in [0.25, 0.3) is 11.4 Å². The summed E-state index contributed by atoms with van der Waals surface area (Å²) in [7, 11) is 0. The molecule has 1 N–H and O–H groups in total. The average molecular weight is 503 g/mol. The summed E-state index contributed by atoms with van der Waals surface area (Å²) >= 11 is 2.76. The maximum absolute atomic E-state index is 13.3. The number of aryl methyl sites for hydroxylation is 1. The molecule has 180 valence electrons. The Morgan fingerprint density at radius 2 is 1.91 bits per heavy atom. The van der Waals surface area contributed by atoms with E-state index >= 15 is 0 Å². The first-order valence-electron chi connectivity index (χ1n) is 11.4. The van der Waals surface area contributed by atoms with Gasteiger partial charge in [0.15, 0.2) is 11.0 Å². The van der Waals surface area contributed by atoms with Gasteiger partial charge < -0.3 is 14.6 Å². The molecule has 0 bridgehead atoms. The fraction of sp³-hybridized carbons (Fsp3) is 0.417. The topological polar surface area (TPSA) is 86.1 Å². The summed E-state index contributed by atoms with van der Waals surface area (Å²) < 4.78 is 20.5. The van der Waals surface area contributed by atoms with Crippen molar-refractivity contribution < 1.29 is 18.7 Å². The average Bonchev–Trinajstić information content (AvgIpc) is 3.31. The highest BCUT2D eigenvalue weighted by Gasteiger charge is 2.26. The van der Waals surface area contributed by atoms with Gasteiger partial charge in [0.2, 0.25) is 5.91 Å². The maximum atomic E-state index is 13.3. The minimum atomic E-state index is -0.375. The summed E-state index contributed by atoms with van der Waals surface area (Å²) in [6, 6.07) is 6.08. The number of aromatic nitrogens is 3.